The standard InChI is InChI=1S/C39H47ClN2O7/c1-38(2)36(39(3,4)37(38)49-32-14-11-30(26-41)34(40)25-32)42-35(43)27-9-12-31(13-10-27)47-21-19-45-17-15-44-16-18-46-20-22-48-33-23-28-7-5-6-8-29(28)24-33/h5-14,25,33,36-37H,15-24H2,1-4H3,(H,42,43). The number of ether oxygens (including phenoxy) is 6. The van der Waals surface area contributed by atoms with Crippen molar-refractivity contribution in [1.82, 2.24) is 5.32 Å². The maximum absolute atomic E-state index is 13.2. The third-order valence-electron chi connectivity index (χ3n) is 9.38. The maximum Gasteiger partial charge on any atom is 0.251 e. The van der Waals surface area contributed by atoms with Gasteiger partial charge >= 0.3 is 0 Å². The minimum Gasteiger partial charge on any atom is -0.491 e. The van der Waals surface area contributed by atoms with Gasteiger partial charge in [0, 0.05) is 28.5 Å². The predicted molar refractivity (Wildman–Crippen MR) is 187 cm³/mol. The topological polar surface area (TPSA) is 108 Å². The average Bonchev–Trinajstić information content (AvgIpc) is 3.51. The summed E-state index contributed by atoms with van der Waals surface area (Å²) in [5, 5.41) is 12.7. The first-order chi connectivity index (χ1) is 23.6. The molecule has 49 heavy (non-hydrogen) atoms. The van der Waals surface area contributed by atoms with Crippen LogP contribution in [0.3, 0.4) is 0 Å². The van der Waals surface area contributed by atoms with Crippen molar-refractivity contribution in [3.05, 3.63) is 94.0 Å². The van der Waals surface area contributed by atoms with Gasteiger partial charge in [0.2, 0.25) is 0 Å². The molecule has 1 amide bonds. The molecule has 9 nitrogen and oxygen atoms in total. The van der Waals surface area contributed by atoms with Crippen LogP contribution in [0.4, 0.5) is 0 Å². The summed E-state index contributed by atoms with van der Waals surface area (Å²) < 4.78 is 34.8. The summed E-state index contributed by atoms with van der Waals surface area (Å²) in [6.07, 6.45) is 2.03. The fourth-order valence-corrected chi connectivity index (χ4v) is 7.40. The van der Waals surface area contributed by atoms with Crippen molar-refractivity contribution in [3.8, 4) is 17.6 Å². The third kappa shape index (κ3) is 9.33. The Morgan fingerprint density at radius 2 is 1.35 bits per heavy atom. The summed E-state index contributed by atoms with van der Waals surface area (Å²) in [4.78, 5) is 13.2. The summed E-state index contributed by atoms with van der Waals surface area (Å²) in [6, 6.07) is 22.6. The number of nitriles is 1. The summed E-state index contributed by atoms with van der Waals surface area (Å²) in [5.41, 5.74) is 3.03. The lowest BCUT2D eigenvalue weighted by Gasteiger charge is -2.63. The summed E-state index contributed by atoms with van der Waals surface area (Å²) in [7, 11) is 0. The Morgan fingerprint density at radius 3 is 1.92 bits per heavy atom. The number of nitrogens with zero attached hydrogens (tertiary/aromatic N) is 1. The van der Waals surface area contributed by atoms with Gasteiger partial charge in [-0.05, 0) is 60.4 Å². The molecule has 0 bridgehead atoms. The zero-order valence-electron chi connectivity index (χ0n) is 28.8. The molecular formula is C39H47ClN2O7. The van der Waals surface area contributed by atoms with Crippen LogP contribution in [0.1, 0.15) is 54.7 Å². The molecule has 0 heterocycles. The average molecular weight is 691 g/mol. The molecule has 0 aliphatic heterocycles. The largest absolute Gasteiger partial charge is 0.491 e. The van der Waals surface area contributed by atoms with E-state index in [9.17, 15) is 4.79 Å². The van der Waals surface area contributed by atoms with E-state index in [4.69, 9.17) is 45.3 Å². The lowest BCUT2D eigenvalue weighted by molar-refractivity contribution is -0.164. The van der Waals surface area contributed by atoms with E-state index >= 15 is 0 Å². The van der Waals surface area contributed by atoms with Gasteiger partial charge in [-0.15, -0.1) is 0 Å². The zero-order chi connectivity index (χ0) is 34.9. The van der Waals surface area contributed by atoms with Gasteiger partial charge in [0.1, 0.15) is 30.3 Å². The first kappa shape index (κ1) is 36.6. The Hall–Kier alpha value is -3.65. The smallest absolute Gasteiger partial charge is 0.251 e. The molecule has 3 aromatic carbocycles. The summed E-state index contributed by atoms with van der Waals surface area (Å²) in [5.74, 6) is 1.10. The van der Waals surface area contributed by atoms with E-state index in [1.807, 2.05) is 0 Å². The van der Waals surface area contributed by atoms with E-state index in [0.717, 1.165) is 12.8 Å². The van der Waals surface area contributed by atoms with Gasteiger partial charge in [0.25, 0.3) is 5.91 Å². The second-order valence-electron chi connectivity index (χ2n) is 13.7. The van der Waals surface area contributed by atoms with Crippen molar-refractivity contribution in [2.24, 2.45) is 10.8 Å². The first-order valence-corrected chi connectivity index (χ1v) is 17.3. The Balaban J connectivity index is 0.903. The van der Waals surface area contributed by atoms with Crippen LogP contribution in [-0.4, -0.2) is 77.0 Å². The number of amides is 1. The molecule has 5 rings (SSSR count). The van der Waals surface area contributed by atoms with E-state index in [1.54, 1.807) is 42.5 Å². The van der Waals surface area contributed by atoms with Gasteiger partial charge in [-0.1, -0.05) is 63.6 Å². The van der Waals surface area contributed by atoms with E-state index in [-0.39, 0.29) is 35.0 Å². The SMILES string of the molecule is CC1(C)C(NC(=O)c2ccc(OCCOCCOCCOCCOC3Cc4ccccc4C3)cc2)C(C)(C)C1Oc1ccc(C#N)c(Cl)c1. The molecule has 10 heteroatoms. The highest BCUT2D eigenvalue weighted by atomic mass is 35.5. The number of nitrogens with one attached hydrogen (secondary N) is 1. The molecule has 1 saturated carbocycles. The number of hydrogen-bond donors (Lipinski definition) is 1. The van der Waals surface area contributed by atoms with Crippen molar-refractivity contribution in [2.75, 3.05) is 52.9 Å². The molecule has 1 fully saturated rings. The summed E-state index contributed by atoms with van der Waals surface area (Å²) in [6.45, 7) is 12.2. The van der Waals surface area contributed by atoms with Gasteiger partial charge in [-0.3, -0.25) is 4.79 Å². The zero-order valence-corrected chi connectivity index (χ0v) is 29.6. The molecule has 0 aromatic heterocycles. The fourth-order valence-electron chi connectivity index (χ4n) is 7.18. The molecule has 3 aromatic rings. The molecule has 0 atom stereocenters. The van der Waals surface area contributed by atoms with Crippen molar-refractivity contribution < 1.29 is 33.2 Å². The van der Waals surface area contributed by atoms with Gasteiger partial charge in [-0.2, -0.15) is 5.26 Å². The van der Waals surface area contributed by atoms with Crippen LogP contribution in [0.5, 0.6) is 11.5 Å². The molecular weight excluding hydrogens is 644 g/mol. The van der Waals surface area contributed by atoms with Crippen molar-refractivity contribution in [1.29, 1.82) is 5.26 Å². The van der Waals surface area contributed by atoms with Gasteiger partial charge in [0.05, 0.1) is 62.9 Å². The van der Waals surface area contributed by atoms with Crippen LogP contribution in [-0.2, 0) is 31.8 Å². The van der Waals surface area contributed by atoms with Crippen molar-refractivity contribution >= 4 is 17.5 Å². The molecule has 0 spiro atoms. The van der Waals surface area contributed by atoms with E-state index in [1.165, 1.54) is 11.1 Å². The van der Waals surface area contributed by atoms with E-state index < -0.39 is 0 Å². The lowest BCUT2D eigenvalue weighted by atomic mass is 9.49. The highest BCUT2D eigenvalue weighted by Crippen LogP contribution is 2.55. The molecule has 2 aliphatic rings. The molecule has 0 radical (unpaired) electrons. The highest BCUT2D eigenvalue weighted by molar-refractivity contribution is 6.31. The minimum atomic E-state index is -0.347. The summed E-state index contributed by atoms with van der Waals surface area (Å²) >= 11 is 6.21. The Morgan fingerprint density at radius 1 is 0.796 bits per heavy atom. The van der Waals surface area contributed by atoms with Crippen LogP contribution in [0.2, 0.25) is 5.02 Å². The van der Waals surface area contributed by atoms with Gasteiger partial charge in [0.15, 0.2) is 0 Å². The number of fused-ring (bicyclic) bond motifs is 1. The quantitative estimate of drug-likeness (QED) is 0.152. The monoisotopic (exact) mass is 690 g/mol. The Labute approximate surface area is 294 Å². The third-order valence-corrected chi connectivity index (χ3v) is 9.69. The van der Waals surface area contributed by atoms with Crippen LogP contribution < -0.4 is 14.8 Å². The predicted octanol–water partition coefficient (Wildman–Crippen LogP) is 6.44. The number of rotatable bonds is 18. The Bertz CT molecular complexity index is 1550. The number of benzene rings is 3. The Kier molecular flexibility index (Phi) is 12.6. The van der Waals surface area contributed by atoms with Crippen LogP contribution in [0.15, 0.2) is 66.7 Å². The number of carbonyl (C=O) groups is 1. The second kappa shape index (κ2) is 16.8. The van der Waals surface area contributed by atoms with Crippen LogP contribution in [0, 0.1) is 22.2 Å². The van der Waals surface area contributed by atoms with E-state index in [2.05, 4.69) is 63.3 Å². The number of carbonyl (C=O) groups excluding carboxylic acids is 1. The van der Waals surface area contributed by atoms with Crippen molar-refractivity contribution in [3.63, 3.8) is 0 Å². The van der Waals surface area contributed by atoms with Crippen LogP contribution >= 0.6 is 11.6 Å². The van der Waals surface area contributed by atoms with Crippen LogP contribution in [0.25, 0.3) is 0 Å². The molecule has 2 aliphatic carbocycles. The molecule has 0 unspecified atom stereocenters. The number of hydrogen-bond acceptors (Lipinski definition) is 8. The molecule has 262 valence electrons. The fraction of sp³-hybridized carbons (Fsp3) is 0.487. The first-order valence-electron chi connectivity index (χ1n) is 16.9. The number of halogens is 1. The van der Waals surface area contributed by atoms with Crippen molar-refractivity contribution in [2.45, 2.75) is 58.8 Å². The van der Waals surface area contributed by atoms with E-state index in [0.29, 0.717) is 80.5 Å². The molecule has 1 N–H and O–H groups in total. The highest BCUT2D eigenvalue weighted by Gasteiger charge is 2.64. The maximum atomic E-state index is 13.2. The second-order valence-corrected chi connectivity index (χ2v) is 14.1. The lowest BCUT2D eigenvalue weighted by Crippen LogP contribution is -2.74. The minimum absolute atomic E-state index is 0.128. The van der Waals surface area contributed by atoms with Gasteiger partial charge < -0.3 is 33.7 Å². The van der Waals surface area contributed by atoms with Gasteiger partial charge in [-0.25, -0.2) is 0 Å². The molecule has 0 saturated heterocycles. The normalized spacial score (nSPS) is 19.0.